The van der Waals surface area contributed by atoms with Gasteiger partial charge in [-0.15, -0.1) is 11.3 Å². The molecule has 2 amide bonds. The van der Waals surface area contributed by atoms with Crippen LogP contribution in [0.25, 0.3) is 11.3 Å². The Morgan fingerprint density at radius 3 is 2.62 bits per heavy atom. The van der Waals surface area contributed by atoms with Gasteiger partial charge in [-0.3, -0.25) is 14.5 Å². The maximum atomic E-state index is 13.3. The summed E-state index contributed by atoms with van der Waals surface area (Å²) < 4.78 is 16.5. The number of carbonyl (C=O) groups is 2. The van der Waals surface area contributed by atoms with Gasteiger partial charge in [-0.25, -0.2) is 4.98 Å². The summed E-state index contributed by atoms with van der Waals surface area (Å²) >= 11 is 1.55. The number of hydrogen-bond acceptors (Lipinski definition) is 7. The average molecular weight is 482 g/mol. The summed E-state index contributed by atoms with van der Waals surface area (Å²) in [6, 6.07) is 9.93. The lowest BCUT2D eigenvalue weighted by Crippen LogP contribution is -2.53. The van der Waals surface area contributed by atoms with Crippen molar-refractivity contribution in [1.29, 1.82) is 0 Å². The maximum Gasteiger partial charge on any atom is 0.268 e. The first kappa shape index (κ1) is 23.6. The molecular weight excluding hydrogens is 454 g/mol. The molecule has 2 unspecified atom stereocenters. The van der Waals surface area contributed by atoms with Gasteiger partial charge in [0, 0.05) is 22.7 Å². The van der Waals surface area contributed by atoms with Gasteiger partial charge in [-0.05, 0) is 50.6 Å². The number of amides is 2. The fourth-order valence-electron chi connectivity index (χ4n) is 3.87. The first-order valence-corrected chi connectivity index (χ1v) is 11.8. The highest BCUT2D eigenvalue weighted by Crippen LogP contribution is 2.39. The molecule has 1 N–H and O–H groups in total. The summed E-state index contributed by atoms with van der Waals surface area (Å²) in [7, 11) is 3.08. The normalized spacial score (nSPS) is 15.9. The fourth-order valence-corrected chi connectivity index (χ4v) is 4.50. The van der Waals surface area contributed by atoms with Crippen LogP contribution < -0.4 is 24.4 Å². The van der Waals surface area contributed by atoms with Gasteiger partial charge in [0.25, 0.3) is 5.91 Å². The van der Waals surface area contributed by atoms with Gasteiger partial charge >= 0.3 is 0 Å². The monoisotopic (exact) mass is 481 g/mol. The number of nitrogens with zero attached hydrogens (tertiary/aromatic N) is 2. The number of rotatable bonds is 7. The molecule has 0 fully saturated rings. The molecule has 0 spiro atoms. The third kappa shape index (κ3) is 4.43. The lowest BCUT2D eigenvalue weighted by molar-refractivity contribution is -0.129. The molecule has 0 bridgehead atoms. The van der Waals surface area contributed by atoms with Crippen LogP contribution in [0.2, 0.25) is 0 Å². The highest BCUT2D eigenvalue weighted by Gasteiger charge is 2.38. The standard InChI is InChI=1S/C25H27N3O5S/c1-6-20-25(30)28(14(2)24(29)27-17-8-10-22(31-4)23(12-17)32-5)19-11-16(7-9-21(19)33-20)18-13-34-15(3)26-18/h7-14,20H,6H2,1-5H3,(H,27,29). The summed E-state index contributed by atoms with van der Waals surface area (Å²) in [6.07, 6.45) is -0.164. The van der Waals surface area contributed by atoms with Crippen molar-refractivity contribution in [2.45, 2.75) is 39.3 Å². The molecule has 0 saturated heterocycles. The minimum atomic E-state index is -0.787. The molecule has 2 heterocycles. The third-order valence-corrected chi connectivity index (χ3v) is 6.48. The highest BCUT2D eigenvalue weighted by molar-refractivity contribution is 7.09. The third-order valence-electron chi connectivity index (χ3n) is 5.70. The van der Waals surface area contributed by atoms with E-state index in [1.807, 2.05) is 37.4 Å². The van der Waals surface area contributed by atoms with E-state index in [2.05, 4.69) is 10.3 Å². The Labute approximate surface area is 202 Å². The second-order valence-electron chi connectivity index (χ2n) is 7.89. The SMILES string of the molecule is CCC1Oc2ccc(-c3csc(C)n3)cc2N(C(C)C(=O)Nc2ccc(OC)c(OC)c2)C1=O. The van der Waals surface area contributed by atoms with Gasteiger partial charge in [0.1, 0.15) is 11.8 Å². The van der Waals surface area contributed by atoms with E-state index in [9.17, 15) is 9.59 Å². The number of benzene rings is 2. The van der Waals surface area contributed by atoms with Crippen LogP contribution in [0.15, 0.2) is 41.8 Å². The Hall–Kier alpha value is -3.59. The van der Waals surface area contributed by atoms with E-state index in [1.54, 1.807) is 43.6 Å². The molecule has 2 atom stereocenters. The molecule has 34 heavy (non-hydrogen) atoms. The summed E-state index contributed by atoms with van der Waals surface area (Å²) in [6.45, 7) is 5.53. The zero-order chi connectivity index (χ0) is 24.4. The molecule has 0 saturated carbocycles. The molecular formula is C25H27N3O5S. The first-order chi connectivity index (χ1) is 16.4. The van der Waals surface area contributed by atoms with Crippen molar-refractivity contribution in [3.63, 3.8) is 0 Å². The number of nitrogens with one attached hydrogen (secondary N) is 1. The van der Waals surface area contributed by atoms with Crippen LogP contribution in [0.5, 0.6) is 17.2 Å². The maximum absolute atomic E-state index is 13.3. The van der Waals surface area contributed by atoms with E-state index in [0.717, 1.165) is 16.3 Å². The van der Waals surface area contributed by atoms with E-state index in [4.69, 9.17) is 14.2 Å². The number of methoxy groups -OCH3 is 2. The Morgan fingerprint density at radius 1 is 1.21 bits per heavy atom. The molecule has 1 aromatic heterocycles. The Kier molecular flexibility index (Phi) is 6.74. The Balaban J connectivity index is 1.66. The lowest BCUT2D eigenvalue weighted by atomic mass is 10.0. The molecule has 0 aliphatic carbocycles. The molecule has 0 radical (unpaired) electrons. The van der Waals surface area contributed by atoms with E-state index in [0.29, 0.717) is 35.0 Å². The van der Waals surface area contributed by atoms with Crippen LogP contribution in [0.4, 0.5) is 11.4 Å². The van der Waals surface area contributed by atoms with E-state index < -0.39 is 12.1 Å². The number of aromatic nitrogens is 1. The van der Waals surface area contributed by atoms with Crippen LogP contribution >= 0.6 is 11.3 Å². The predicted octanol–water partition coefficient (Wildman–Crippen LogP) is 4.67. The van der Waals surface area contributed by atoms with Gasteiger partial charge in [0.2, 0.25) is 5.91 Å². The number of hydrogen-bond donors (Lipinski definition) is 1. The minimum Gasteiger partial charge on any atom is -0.493 e. The van der Waals surface area contributed by atoms with Gasteiger partial charge < -0.3 is 19.5 Å². The van der Waals surface area contributed by atoms with E-state index in [1.165, 1.54) is 12.0 Å². The second-order valence-corrected chi connectivity index (χ2v) is 8.95. The van der Waals surface area contributed by atoms with Crippen molar-refractivity contribution in [1.82, 2.24) is 4.98 Å². The zero-order valence-corrected chi connectivity index (χ0v) is 20.6. The number of carbonyl (C=O) groups excluding carboxylic acids is 2. The van der Waals surface area contributed by atoms with Crippen LogP contribution in [-0.2, 0) is 9.59 Å². The van der Waals surface area contributed by atoms with Crippen LogP contribution in [0.3, 0.4) is 0 Å². The van der Waals surface area contributed by atoms with Crippen LogP contribution in [-0.4, -0.2) is 43.2 Å². The van der Waals surface area contributed by atoms with Gasteiger partial charge in [-0.2, -0.15) is 0 Å². The largest absolute Gasteiger partial charge is 0.493 e. The Morgan fingerprint density at radius 2 is 1.97 bits per heavy atom. The molecule has 1 aliphatic heterocycles. The average Bonchev–Trinajstić information content (AvgIpc) is 3.29. The van der Waals surface area contributed by atoms with Gasteiger partial charge in [0.15, 0.2) is 17.6 Å². The van der Waals surface area contributed by atoms with Gasteiger partial charge in [-0.1, -0.05) is 6.92 Å². The Bertz CT molecular complexity index is 1230. The molecule has 9 heteroatoms. The molecule has 1 aliphatic rings. The first-order valence-electron chi connectivity index (χ1n) is 11.0. The quantitative estimate of drug-likeness (QED) is 0.528. The number of anilines is 2. The molecule has 8 nitrogen and oxygen atoms in total. The highest BCUT2D eigenvalue weighted by atomic mass is 32.1. The van der Waals surface area contributed by atoms with Crippen LogP contribution in [0, 0.1) is 6.92 Å². The number of aryl methyl sites for hydroxylation is 1. The minimum absolute atomic E-state index is 0.253. The van der Waals surface area contributed by atoms with Crippen molar-refractivity contribution in [3.05, 3.63) is 46.8 Å². The molecule has 2 aromatic carbocycles. The molecule has 178 valence electrons. The van der Waals surface area contributed by atoms with Crippen LogP contribution in [0.1, 0.15) is 25.3 Å². The summed E-state index contributed by atoms with van der Waals surface area (Å²) in [5.41, 5.74) is 2.76. The number of fused-ring (bicyclic) bond motifs is 1. The fraction of sp³-hybridized carbons (Fsp3) is 0.320. The van der Waals surface area contributed by atoms with Crippen molar-refractivity contribution < 1.29 is 23.8 Å². The zero-order valence-electron chi connectivity index (χ0n) is 19.7. The van der Waals surface area contributed by atoms with Crippen molar-refractivity contribution in [2.75, 3.05) is 24.4 Å². The van der Waals surface area contributed by atoms with Gasteiger partial charge in [0.05, 0.1) is 30.6 Å². The summed E-state index contributed by atoms with van der Waals surface area (Å²) in [5.74, 6) is 1.03. The topological polar surface area (TPSA) is 90.0 Å². The smallest absolute Gasteiger partial charge is 0.268 e. The number of thiazole rings is 1. The summed E-state index contributed by atoms with van der Waals surface area (Å²) in [5, 5.41) is 5.80. The van der Waals surface area contributed by atoms with Crippen molar-refractivity contribution >= 4 is 34.5 Å². The lowest BCUT2D eigenvalue weighted by Gasteiger charge is -2.37. The van der Waals surface area contributed by atoms with E-state index >= 15 is 0 Å². The van der Waals surface area contributed by atoms with Crippen molar-refractivity contribution in [2.24, 2.45) is 0 Å². The van der Waals surface area contributed by atoms with Crippen molar-refractivity contribution in [3.8, 4) is 28.5 Å². The van der Waals surface area contributed by atoms with E-state index in [-0.39, 0.29) is 11.8 Å². The molecule has 3 aromatic rings. The number of ether oxygens (including phenoxy) is 3. The second kappa shape index (κ2) is 9.72. The predicted molar refractivity (Wildman–Crippen MR) is 132 cm³/mol. The molecule has 4 rings (SSSR count). The summed E-state index contributed by atoms with van der Waals surface area (Å²) in [4.78, 5) is 32.6.